The van der Waals surface area contributed by atoms with Gasteiger partial charge in [-0.25, -0.2) is 28.2 Å². The van der Waals surface area contributed by atoms with E-state index in [9.17, 15) is 13.2 Å². The number of rotatable bonds is 10. The first-order valence-corrected chi connectivity index (χ1v) is 14.6. The highest BCUT2D eigenvalue weighted by Crippen LogP contribution is 2.41. The van der Waals surface area contributed by atoms with Crippen LogP contribution in [-0.4, -0.2) is 54.8 Å². The summed E-state index contributed by atoms with van der Waals surface area (Å²) >= 11 is 0. The minimum atomic E-state index is -4.20. The van der Waals surface area contributed by atoms with Crippen LogP contribution < -0.4 is 24.7 Å². The number of methoxy groups -OCH3 is 1. The second kappa shape index (κ2) is 13.7. The molecule has 4 rings (SSSR count). The highest BCUT2D eigenvalue weighted by Gasteiger charge is 2.26. The zero-order valence-electron chi connectivity index (χ0n) is 24.4. The SMILES string of the molecule is COc1ccccc1Oc1c(NS(=O)(=O)c2ccc(C(C)(C)C)cc2)nc(-c2ncccn2)nc1OCC#CCOC(N)=O. The van der Waals surface area contributed by atoms with Crippen molar-refractivity contribution in [2.24, 2.45) is 5.73 Å². The van der Waals surface area contributed by atoms with Gasteiger partial charge in [0, 0.05) is 12.4 Å². The summed E-state index contributed by atoms with van der Waals surface area (Å²) in [6.07, 6.45) is 1.99. The molecule has 0 aliphatic carbocycles. The van der Waals surface area contributed by atoms with Gasteiger partial charge in [0.15, 0.2) is 36.4 Å². The third-order valence-corrected chi connectivity index (χ3v) is 7.19. The normalized spacial score (nSPS) is 11.1. The Morgan fingerprint density at radius 3 is 2.20 bits per heavy atom. The molecule has 2 aromatic carbocycles. The van der Waals surface area contributed by atoms with E-state index in [1.807, 2.05) is 20.8 Å². The predicted molar refractivity (Wildman–Crippen MR) is 161 cm³/mol. The average molecular weight is 619 g/mol. The molecule has 14 heteroatoms. The van der Waals surface area contributed by atoms with E-state index in [0.717, 1.165) is 5.56 Å². The van der Waals surface area contributed by atoms with Crippen LogP contribution >= 0.6 is 0 Å². The second-order valence-electron chi connectivity index (χ2n) is 9.99. The number of carbonyl (C=O) groups is 1. The number of nitrogens with zero attached hydrogens (tertiary/aromatic N) is 4. The van der Waals surface area contributed by atoms with Crippen LogP contribution in [0.3, 0.4) is 0 Å². The Bertz CT molecular complexity index is 1780. The molecule has 2 heterocycles. The summed E-state index contributed by atoms with van der Waals surface area (Å²) in [7, 11) is -2.74. The molecule has 4 aromatic rings. The van der Waals surface area contributed by atoms with Crippen LogP contribution in [-0.2, 0) is 20.2 Å². The van der Waals surface area contributed by atoms with Crippen molar-refractivity contribution in [3.05, 3.63) is 72.6 Å². The molecular formula is C30H30N6O7S. The van der Waals surface area contributed by atoms with E-state index in [1.165, 1.54) is 31.6 Å². The largest absolute Gasteiger partial charge is 0.493 e. The summed E-state index contributed by atoms with van der Waals surface area (Å²) in [5.41, 5.74) is 5.73. The van der Waals surface area contributed by atoms with Crippen LogP contribution in [0.4, 0.5) is 10.6 Å². The van der Waals surface area contributed by atoms with Gasteiger partial charge in [-0.15, -0.1) is 0 Å². The fraction of sp³-hybridized carbons (Fsp3) is 0.233. The number of nitrogens with one attached hydrogen (secondary N) is 1. The molecule has 0 radical (unpaired) electrons. The lowest BCUT2D eigenvalue weighted by Gasteiger charge is -2.20. The monoisotopic (exact) mass is 618 g/mol. The van der Waals surface area contributed by atoms with Crippen molar-refractivity contribution in [1.29, 1.82) is 0 Å². The van der Waals surface area contributed by atoms with Gasteiger partial charge < -0.3 is 24.7 Å². The van der Waals surface area contributed by atoms with Crippen molar-refractivity contribution in [2.45, 2.75) is 31.1 Å². The van der Waals surface area contributed by atoms with E-state index in [0.29, 0.717) is 5.75 Å². The van der Waals surface area contributed by atoms with E-state index < -0.39 is 16.1 Å². The van der Waals surface area contributed by atoms with Crippen molar-refractivity contribution in [3.63, 3.8) is 0 Å². The maximum Gasteiger partial charge on any atom is 0.405 e. The molecule has 0 atom stereocenters. The fourth-order valence-electron chi connectivity index (χ4n) is 3.65. The van der Waals surface area contributed by atoms with E-state index in [-0.39, 0.29) is 58.4 Å². The molecule has 0 spiro atoms. The number of carbonyl (C=O) groups excluding carboxylic acids is 1. The van der Waals surface area contributed by atoms with Crippen LogP contribution in [0.1, 0.15) is 26.3 Å². The van der Waals surface area contributed by atoms with E-state index in [1.54, 1.807) is 42.5 Å². The molecule has 1 amide bonds. The molecule has 228 valence electrons. The van der Waals surface area contributed by atoms with Gasteiger partial charge in [-0.2, -0.15) is 4.98 Å². The van der Waals surface area contributed by atoms with Crippen molar-refractivity contribution in [1.82, 2.24) is 19.9 Å². The summed E-state index contributed by atoms with van der Waals surface area (Å²) in [6, 6.07) is 14.8. The topological polar surface area (TPSA) is 178 Å². The summed E-state index contributed by atoms with van der Waals surface area (Å²) in [5.74, 6) is 5.22. The lowest BCUT2D eigenvalue weighted by molar-refractivity contribution is 0.171. The Morgan fingerprint density at radius 1 is 0.909 bits per heavy atom. The number of hydrogen-bond donors (Lipinski definition) is 2. The van der Waals surface area contributed by atoms with E-state index in [2.05, 4.69) is 41.2 Å². The van der Waals surface area contributed by atoms with Crippen LogP contribution in [0.2, 0.25) is 0 Å². The molecule has 0 saturated heterocycles. The van der Waals surface area contributed by atoms with Gasteiger partial charge in [-0.3, -0.25) is 4.72 Å². The summed E-state index contributed by atoms with van der Waals surface area (Å²) in [5, 5.41) is 0. The molecule has 2 aromatic heterocycles. The predicted octanol–water partition coefficient (Wildman–Crippen LogP) is 4.31. The number of para-hydroxylation sites is 2. The Hall–Kier alpha value is -5.42. The lowest BCUT2D eigenvalue weighted by Crippen LogP contribution is -2.17. The van der Waals surface area contributed by atoms with Gasteiger partial charge in [0.25, 0.3) is 15.9 Å². The summed E-state index contributed by atoms with van der Waals surface area (Å²) in [6.45, 7) is 5.58. The molecule has 0 aliphatic heterocycles. The van der Waals surface area contributed by atoms with Crippen molar-refractivity contribution >= 4 is 21.9 Å². The number of sulfonamides is 1. The number of benzene rings is 2. The molecule has 0 saturated carbocycles. The maximum atomic E-state index is 13.6. The zero-order valence-corrected chi connectivity index (χ0v) is 25.2. The zero-order chi connectivity index (χ0) is 31.7. The van der Waals surface area contributed by atoms with Crippen LogP contribution in [0.25, 0.3) is 11.6 Å². The molecular weight excluding hydrogens is 588 g/mol. The molecule has 0 bridgehead atoms. The van der Waals surface area contributed by atoms with Crippen LogP contribution in [0, 0.1) is 11.8 Å². The van der Waals surface area contributed by atoms with Gasteiger partial charge >= 0.3 is 6.09 Å². The van der Waals surface area contributed by atoms with Gasteiger partial charge in [0.2, 0.25) is 11.6 Å². The summed E-state index contributed by atoms with van der Waals surface area (Å²) in [4.78, 5) is 28.0. The standard InChI is InChI=1S/C30H30N6O7S/c1-30(2,3)20-12-14-21(15-13-20)44(38,39)36-25-24(43-23-11-6-5-10-22(23)40-4)28(41-18-7-8-19-42-29(31)37)35-27(34-25)26-32-16-9-17-33-26/h5-6,9-17H,18-19H2,1-4H3,(H2,31,37)(H,34,35,36). The number of primary amides is 1. The number of aromatic nitrogens is 4. The smallest absolute Gasteiger partial charge is 0.405 e. The molecule has 44 heavy (non-hydrogen) atoms. The Balaban J connectivity index is 1.82. The van der Waals surface area contributed by atoms with Gasteiger partial charge in [-0.1, -0.05) is 56.9 Å². The third-order valence-electron chi connectivity index (χ3n) is 5.84. The molecule has 0 aliphatic rings. The number of anilines is 1. The Morgan fingerprint density at radius 2 is 1.57 bits per heavy atom. The number of hydrogen-bond acceptors (Lipinski definition) is 11. The van der Waals surface area contributed by atoms with E-state index >= 15 is 0 Å². The highest BCUT2D eigenvalue weighted by atomic mass is 32.2. The highest BCUT2D eigenvalue weighted by molar-refractivity contribution is 7.92. The number of amides is 1. The Kier molecular flexibility index (Phi) is 9.81. The minimum Gasteiger partial charge on any atom is -0.493 e. The maximum absolute atomic E-state index is 13.6. The molecule has 13 nitrogen and oxygen atoms in total. The van der Waals surface area contributed by atoms with Crippen LogP contribution in [0.5, 0.6) is 23.1 Å². The minimum absolute atomic E-state index is 0.00680. The number of nitrogens with two attached hydrogens (primary N) is 1. The first-order valence-electron chi connectivity index (χ1n) is 13.1. The van der Waals surface area contributed by atoms with Crippen LogP contribution in [0.15, 0.2) is 71.9 Å². The molecule has 0 fully saturated rings. The van der Waals surface area contributed by atoms with Crippen molar-refractivity contribution in [3.8, 4) is 46.6 Å². The van der Waals surface area contributed by atoms with Crippen molar-refractivity contribution < 1.29 is 32.2 Å². The third kappa shape index (κ3) is 8.11. The lowest BCUT2D eigenvalue weighted by atomic mass is 9.87. The van der Waals surface area contributed by atoms with Gasteiger partial charge in [0.05, 0.1) is 12.0 Å². The van der Waals surface area contributed by atoms with Gasteiger partial charge in [0.1, 0.15) is 0 Å². The number of ether oxygens (including phenoxy) is 4. The second-order valence-corrected chi connectivity index (χ2v) is 11.7. The first kappa shape index (κ1) is 31.5. The fourth-order valence-corrected chi connectivity index (χ4v) is 4.66. The Labute approximate surface area is 254 Å². The first-order chi connectivity index (χ1) is 21.0. The van der Waals surface area contributed by atoms with E-state index in [4.69, 9.17) is 19.9 Å². The summed E-state index contributed by atoms with van der Waals surface area (Å²) < 4.78 is 51.7. The van der Waals surface area contributed by atoms with Crippen molar-refractivity contribution in [2.75, 3.05) is 25.0 Å². The quantitative estimate of drug-likeness (QED) is 0.242. The molecule has 3 N–H and O–H groups in total. The van der Waals surface area contributed by atoms with Gasteiger partial charge in [-0.05, 0) is 41.3 Å². The average Bonchev–Trinajstić information content (AvgIpc) is 3.00. The molecule has 0 unspecified atom stereocenters.